The second-order valence-corrected chi connectivity index (χ2v) is 5.20. The lowest BCUT2D eigenvalue weighted by Gasteiger charge is -2.35. The standard InChI is InChI=1S/C13H16N2O2S/c1-2-12-14-11(9-18-12)13(17)15-7-4-3-5-10(15)6-8-16/h1,9-10,16H,3-8H2. The molecule has 1 unspecified atom stereocenters. The molecule has 1 aliphatic heterocycles. The molecule has 1 N–H and O–H groups in total. The number of aromatic nitrogens is 1. The van der Waals surface area contributed by atoms with Crippen LogP contribution in [0.4, 0.5) is 0 Å². The van der Waals surface area contributed by atoms with E-state index in [1.165, 1.54) is 11.3 Å². The largest absolute Gasteiger partial charge is 0.396 e. The first-order valence-corrected chi connectivity index (χ1v) is 6.98. The number of aliphatic hydroxyl groups is 1. The van der Waals surface area contributed by atoms with Crippen LogP contribution >= 0.6 is 11.3 Å². The molecule has 1 fully saturated rings. The molecule has 0 radical (unpaired) electrons. The number of likely N-dealkylation sites (tertiary alicyclic amines) is 1. The molecule has 0 saturated carbocycles. The SMILES string of the molecule is C#Cc1nc(C(=O)N2CCCCC2CCO)cs1. The molecule has 1 atom stereocenters. The van der Waals surface area contributed by atoms with Gasteiger partial charge in [0.15, 0.2) is 5.01 Å². The third-order valence-electron chi connectivity index (χ3n) is 3.20. The predicted octanol–water partition coefficient (Wildman–Crippen LogP) is 1.50. The normalized spacial score (nSPS) is 19.6. The minimum absolute atomic E-state index is 0.0640. The Labute approximate surface area is 111 Å². The smallest absolute Gasteiger partial charge is 0.273 e. The summed E-state index contributed by atoms with van der Waals surface area (Å²) in [7, 11) is 0. The summed E-state index contributed by atoms with van der Waals surface area (Å²) in [5, 5.41) is 11.3. The van der Waals surface area contributed by atoms with E-state index in [0.717, 1.165) is 25.8 Å². The fourth-order valence-corrected chi connectivity index (χ4v) is 2.90. The van der Waals surface area contributed by atoms with E-state index in [-0.39, 0.29) is 18.6 Å². The van der Waals surface area contributed by atoms with Crippen molar-refractivity contribution >= 4 is 17.2 Å². The van der Waals surface area contributed by atoms with Crippen LogP contribution < -0.4 is 0 Å². The molecule has 4 nitrogen and oxygen atoms in total. The van der Waals surface area contributed by atoms with Crippen molar-refractivity contribution in [1.29, 1.82) is 0 Å². The molecule has 0 spiro atoms. The van der Waals surface area contributed by atoms with Crippen molar-refractivity contribution in [2.75, 3.05) is 13.2 Å². The molecular formula is C13H16N2O2S. The maximum atomic E-state index is 12.3. The summed E-state index contributed by atoms with van der Waals surface area (Å²) >= 11 is 1.31. The molecule has 96 valence electrons. The number of thiazole rings is 1. The van der Waals surface area contributed by atoms with E-state index in [9.17, 15) is 4.79 Å². The predicted molar refractivity (Wildman–Crippen MR) is 70.4 cm³/mol. The molecule has 18 heavy (non-hydrogen) atoms. The molecule has 2 heterocycles. The van der Waals surface area contributed by atoms with Gasteiger partial charge in [-0.25, -0.2) is 4.98 Å². The molecular weight excluding hydrogens is 248 g/mol. The number of rotatable bonds is 3. The van der Waals surface area contributed by atoms with Crippen molar-refractivity contribution in [3.05, 3.63) is 16.1 Å². The number of nitrogens with zero attached hydrogens (tertiary/aromatic N) is 2. The van der Waals surface area contributed by atoms with Gasteiger partial charge in [-0.2, -0.15) is 0 Å². The maximum Gasteiger partial charge on any atom is 0.273 e. The van der Waals surface area contributed by atoms with Gasteiger partial charge in [0.25, 0.3) is 5.91 Å². The first-order valence-electron chi connectivity index (χ1n) is 6.10. The third kappa shape index (κ3) is 2.71. The second kappa shape index (κ2) is 5.98. The summed E-state index contributed by atoms with van der Waals surface area (Å²) in [5.74, 6) is 2.37. The van der Waals surface area contributed by atoms with Gasteiger partial charge in [-0.1, -0.05) is 0 Å². The quantitative estimate of drug-likeness (QED) is 0.842. The summed E-state index contributed by atoms with van der Waals surface area (Å²) in [5.41, 5.74) is 0.429. The van der Waals surface area contributed by atoms with Gasteiger partial charge >= 0.3 is 0 Å². The second-order valence-electron chi connectivity index (χ2n) is 4.34. The van der Waals surface area contributed by atoms with Gasteiger partial charge in [0.1, 0.15) is 5.69 Å². The molecule has 0 bridgehead atoms. The zero-order valence-corrected chi connectivity index (χ0v) is 10.9. The van der Waals surface area contributed by atoms with Crippen molar-refractivity contribution < 1.29 is 9.90 Å². The van der Waals surface area contributed by atoms with Crippen molar-refractivity contribution in [3.63, 3.8) is 0 Å². The van der Waals surface area contributed by atoms with E-state index in [1.807, 2.05) is 4.90 Å². The van der Waals surface area contributed by atoms with E-state index in [2.05, 4.69) is 10.9 Å². The molecule has 1 saturated heterocycles. The van der Waals surface area contributed by atoms with Crippen molar-refractivity contribution in [2.45, 2.75) is 31.7 Å². The highest BCUT2D eigenvalue weighted by Crippen LogP contribution is 2.22. The average molecular weight is 264 g/mol. The molecule has 1 aromatic rings. The maximum absolute atomic E-state index is 12.3. The minimum Gasteiger partial charge on any atom is -0.396 e. The number of carbonyl (C=O) groups is 1. The Morgan fingerprint density at radius 3 is 3.17 bits per heavy atom. The molecule has 1 aliphatic rings. The van der Waals surface area contributed by atoms with E-state index in [1.54, 1.807) is 5.38 Å². The first-order chi connectivity index (χ1) is 8.76. The minimum atomic E-state index is -0.0640. The van der Waals surface area contributed by atoms with E-state index < -0.39 is 0 Å². The Balaban J connectivity index is 2.13. The van der Waals surface area contributed by atoms with Gasteiger partial charge < -0.3 is 10.0 Å². The van der Waals surface area contributed by atoms with Crippen LogP contribution in [0.25, 0.3) is 0 Å². The number of hydrogen-bond acceptors (Lipinski definition) is 4. The zero-order chi connectivity index (χ0) is 13.0. The summed E-state index contributed by atoms with van der Waals surface area (Å²) in [6, 6.07) is 0.132. The lowest BCUT2D eigenvalue weighted by Crippen LogP contribution is -2.44. The summed E-state index contributed by atoms with van der Waals surface area (Å²) < 4.78 is 0. The van der Waals surface area contributed by atoms with Gasteiger partial charge in [0, 0.05) is 24.6 Å². The number of carbonyl (C=O) groups excluding carboxylic acids is 1. The number of terminal acetylenes is 1. The average Bonchev–Trinajstić information content (AvgIpc) is 2.88. The highest BCUT2D eigenvalue weighted by molar-refractivity contribution is 7.10. The number of hydrogen-bond donors (Lipinski definition) is 1. The van der Waals surface area contributed by atoms with Crippen molar-refractivity contribution in [3.8, 4) is 12.3 Å². The Morgan fingerprint density at radius 2 is 2.50 bits per heavy atom. The third-order valence-corrected chi connectivity index (χ3v) is 3.97. The Bertz CT molecular complexity index is 462. The highest BCUT2D eigenvalue weighted by Gasteiger charge is 2.28. The Kier molecular flexibility index (Phi) is 4.34. The first kappa shape index (κ1) is 13.1. The number of piperidine rings is 1. The van der Waals surface area contributed by atoms with Gasteiger partial charge in [-0.15, -0.1) is 17.8 Å². The fraction of sp³-hybridized carbons (Fsp3) is 0.538. The Hall–Kier alpha value is -1.38. The van der Waals surface area contributed by atoms with Crippen LogP contribution in [0.5, 0.6) is 0 Å². The van der Waals surface area contributed by atoms with Crippen LogP contribution in [0.3, 0.4) is 0 Å². The van der Waals surface area contributed by atoms with Gasteiger partial charge in [0.2, 0.25) is 0 Å². The van der Waals surface area contributed by atoms with Crippen LogP contribution in [-0.4, -0.2) is 40.1 Å². The molecule has 2 rings (SSSR count). The molecule has 5 heteroatoms. The number of amides is 1. The van der Waals surface area contributed by atoms with Crippen LogP contribution in [0.2, 0.25) is 0 Å². The van der Waals surface area contributed by atoms with E-state index >= 15 is 0 Å². The molecule has 1 aromatic heterocycles. The zero-order valence-electron chi connectivity index (χ0n) is 10.1. The Morgan fingerprint density at radius 1 is 1.67 bits per heavy atom. The van der Waals surface area contributed by atoms with Crippen LogP contribution in [0.1, 0.15) is 41.2 Å². The van der Waals surface area contributed by atoms with E-state index in [0.29, 0.717) is 17.1 Å². The topological polar surface area (TPSA) is 53.4 Å². The monoisotopic (exact) mass is 264 g/mol. The van der Waals surface area contributed by atoms with Crippen LogP contribution in [0, 0.1) is 12.3 Å². The van der Waals surface area contributed by atoms with Crippen molar-refractivity contribution in [2.24, 2.45) is 0 Å². The van der Waals surface area contributed by atoms with E-state index in [4.69, 9.17) is 11.5 Å². The van der Waals surface area contributed by atoms with Crippen LogP contribution in [0.15, 0.2) is 5.38 Å². The van der Waals surface area contributed by atoms with Crippen molar-refractivity contribution in [1.82, 2.24) is 9.88 Å². The lowest BCUT2D eigenvalue weighted by atomic mass is 9.99. The highest BCUT2D eigenvalue weighted by atomic mass is 32.1. The van der Waals surface area contributed by atoms with Crippen LogP contribution in [-0.2, 0) is 0 Å². The number of aliphatic hydroxyl groups excluding tert-OH is 1. The molecule has 0 aromatic carbocycles. The summed E-state index contributed by atoms with van der Waals surface area (Å²) in [6.45, 7) is 0.855. The van der Waals surface area contributed by atoms with Gasteiger partial charge in [0.05, 0.1) is 0 Å². The lowest BCUT2D eigenvalue weighted by molar-refractivity contribution is 0.0569. The van der Waals surface area contributed by atoms with Gasteiger partial charge in [-0.05, 0) is 31.6 Å². The summed E-state index contributed by atoms with van der Waals surface area (Å²) in [4.78, 5) is 18.3. The van der Waals surface area contributed by atoms with Gasteiger partial charge in [-0.3, -0.25) is 4.79 Å². The molecule has 0 aliphatic carbocycles. The summed E-state index contributed by atoms with van der Waals surface area (Å²) in [6.07, 6.45) is 8.98. The fourth-order valence-electron chi connectivity index (χ4n) is 2.30. The molecule has 1 amide bonds.